The first-order chi connectivity index (χ1) is 10.8. The maximum atomic E-state index is 12.8. The highest BCUT2D eigenvalue weighted by Crippen LogP contribution is 2.39. The van der Waals surface area contributed by atoms with Gasteiger partial charge in [-0.3, -0.25) is 10.1 Å². The zero-order chi connectivity index (χ0) is 17.0. The topological polar surface area (TPSA) is 64.4 Å². The molecule has 128 valence electrons. The lowest BCUT2D eigenvalue weighted by Gasteiger charge is -2.31. The summed E-state index contributed by atoms with van der Waals surface area (Å²) < 4.78 is 43.8. The van der Waals surface area contributed by atoms with Crippen molar-refractivity contribution in [1.82, 2.24) is 0 Å². The molecular weight excluding hydrogens is 313 g/mol. The molecule has 2 rings (SSSR count). The van der Waals surface area contributed by atoms with Crippen molar-refractivity contribution in [2.45, 2.75) is 44.8 Å². The van der Waals surface area contributed by atoms with Crippen molar-refractivity contribution in [3.05, 3.63) is 28.3 Å². The minimum Gasteiger partial charge on any atom is -0.487 e. The lowest BCUT2D eigenvalue weighted by atomic mass is 9.85. The van der Waals surface area contributed by atoms with Gasteiger partial charge in [-0.25, -0.2) is 0 Å². The molecule has 0 heterocycles. The van der Waals surface area contributed by atoms with Gasteiger partial charge in [-0.05, 0) is 32.3 Å². The number of rotatable bonds is 5. The summed E-state index contributed by atoms with van der Waals surface area (Å²) >= 11 is 0. The number of nitrogens with zero attached hydrogens (tertiary/aromatic N) is 1. The van der Waals surface area contributed by atoms with Crippen LogP contribution in [-0.4, -0.2) is 23.7 Å². The second-order valence-electron chi connectivity index (χ2n) is 5.62. The summed E-state index contributed by atoms with van der Waals surface area (Å²) in [6.07, 6.45) is -2.84. The van der Waals surface area contributed by atoms with Crippen LogP contribution in [0, 0.1) is 16.0 Å². The van der Waals surface area contributed by atoms with Crippen LogP contribution in [0.5, 0.6) is 5.75 Å². The Bertz CT molecular complexity index is 563. The quantitative estimate of drug-likeness (QED) is 0.636. The molecule has 1 aromatic carbocycles. The van der Waals surface area contributed by atoms with Crippen molar-refractivity contribution in [2.75, 3.05) is 11.9 Å². The number of nitrogens with one attached hydrogen (secondary N) is 1. The highest BCUT2D eigenvalue weighted by atomic mass is 19.4. The van der Waals surface area contributed by atoms with E-state index in [-0.39, 0.29) is 36.9 Å². The van der Waals surface area contributed by atoms with Gasteiger partial charge >= 0.3 is 11.9 Å². The Morgan fingerprint density at radius 1 is 1.39 bits per heavy atom. The smallest absolute Gasteiger partial charge is 0.391 e. The van der Waals surface area contributed by atoms with Gasteiger partial charge in [0.1, 0.15) is 0 Å². The van der Waals surface area contributed by atoms with Gasteiger partial charge in [0.2, 0.25) is 0 Å². The molecule has 0 spiro atoms. The van der Waals surface area contributed by atoms with Gasteiger partial charge in [0.25, 0.3) is 0 Å². The Hall–Kier alpha value is -1.99. The minimum atomic E-state index is -4.17. The van der Waals surface area contributed by atoms with Gasteiger partial charge in [0.15, 0.2) is 5.75 Å². The molecule has 1 aliphatic carbocycles. The number of benzene rings is 1. The van der Waals surface area contributed by atoms with E-state index in [4.69, 9.17) is 4.74 Å². The molecule has 5 nitrogen and oxygen atoms in total. The highest BCUT2D eigenvalue weighted by Gasteiger charge is 2.42. The number of hydrogen-bond acceptors (Lipinski definition) is 4. The number of alkyl halides is 3. The van der Waals surface area contributed by atoms with Crippen molar-refractivity contribution < 1.29 is 22.8 Å². The lowest BCUT2D eigenvalue weighted by Crippen LogP contribution is -2.34. The predicted molar refractivity (Wildman–Crippen MR) is 79.7 cm³/mol. The van der Waals surface area contributed by atoms with E-state index in [0.29, 0.717) is 18.5 Å². The summed E-state index contributed by atoms with van der Waals surface area (Å²) in [6, 6.07) is 3.97. The van der Waals surface area contributed by atoms with E-state index in [0.717, 1.165) is 0 Å². The Morgan fingerprint density at radius 3 is 2.74 bits per heavy atom. The van der Waals surface area contributed by atoms with Crippen molar-refractivity contribution in [1.29, 1.82) is 0 Å². The molecule has 0 saturated heterocycles. The summed E-state index contributed by atoms with van der Waals surface area (Å²) in [5.41, 5.74) is 0.376. The van der Waals surface area contributed by atoms with Crippen LogP contribution < -0.4 is 10.1 Å². The number of nitro groups is 1. The van der Waals surface area contributed by atoms with Gasteiger partial charge in [-0.15, -0.1) is 0 Å². The fourth-order valence-electron chi connectivity index (χ4n) is 2.88. The predicted octanol–water partition coefficient (Wildman–Crippen LogP) is 4.53. The Morgan fingerprint density at radius 2 is 2.13 bits per heavy atom. The van der Waals surface area contributed by atoms with Crippen LogP contribution in [0.3, 0.4) is 0 Å². The maximum absolute atomic E-state index is 12.8. The van der Waals surface area contributed by atoms with E-state index in [9.17, 15) is 23.3 Å². The summed E-state index contributed by atoms with van der Waals surface area (Å²) in [4.78, 5) is 10.4. The first-order valence-electron chi connectivity index (χ1n) is 7.55. The summed E-state index contributed by atoms with van der Waals surface area (Å²) in [7, 11) is 0. The van der Waals surface area contributed by atoms with Crippen LogP contribution in [0.4, 0.5) is 24.5 Å². The molecule has 0 radical (unpaired) electrons. The Balaban J connectivity index is 2.10. The van der Waals surface area contributed by atoms with Crippen molar-refractivity contribution >= 4 is 11.4 Å². The van der Waals surface area contributed by atoms with Crippen LogP contribution in [-0.2, 0) is 0 Å². The third-order valence-electron chi connectivity index (χ3n) is 3.96. The molecule has 0 aromatic heterocycles. The molecule has 0 amide bonds. The normalized spacial score (nSPS) is 21.7. The third-order valence-corrected chi connectivity index (χ3v) is 3.96. The average molecular weight is 332 g/mol. The Labute approximate surface area is 132 Å². The van der Waals surface area contributed by atoms with Gasteiger partial charge < -0.3 is 10.1 Å². The number of ether oxygens (including phenoxy) is 1. The summed E-state index contributed by atoms with van der Waals surface area (Å²) in [6.45, 7) is 1.97. The minimum absolute atomic E-state index is 0.0183. The van der Waals surface area contributed by atoms with Gasteiger partial charge in [-0.2, -0.15) is 13.2 Å². The molecule has 2 unspecified atom stereocenters. The number of anilines is 1. The Kier molecular flexibility index (Phi) is 5.33. The van der Waals surface area contributed by atoms with Crippen LogP contribution in [0.25, 0.3) is 0 Å². The second kappa shape index (κ2) is 7.06. The number of nitro benzene ring substituents is 1. The maximum Gasteiger partial charge on any atom is 0.391 e. The molecule has 1 aliphatic rings. The van der Waals surface area contributed by atoms with Gasteiger partial charge in [-0.1, -0.05) is 6.42 Å². The number of hydrogen-bond donors (Lipinski definition) is 1. The van der Waals surface area contributed by atoms with E-state index >= 15 is 0 Å². The van der Waals surface area contributed by atoms with Crippen molar-refractivity contribution in [2.24, 2.45) is 5.92 Å². The highest BCUT2D eigenvalue weighted by molar-refractivity contribution is 5.58. The molecule has 0 bridgehead atoms. The standard InChI is InChI=1S/C15H19F3N2O3/c1-2-23-14-9-12(6-7-13(14)20(21)22)19-11-5-3-4-10(8-11)15(16,17)18/h6-7,9-11,19H,2-5,8H2,1H3. The summed E-state index contributed by atoms with van der Waals surface area (Å²) in [5.74, 6) is -1.18. The van der Waals surface area contributed by atoms with E-state index < -0.39 is 17.0 Å². The van der Waals surface area contributed by atoms with Crippen molar-refractivity contribution in [3.63, 3.8) is 0 Å². The first kappa shape index (κ1) is 17.4. The van der Waals surface area contributed by atoms with Crippen LogP contribution in [0.15, 0.2) is 18.2 Å². The molecular formula is C15H19F3N2O3. The van der Waals surface area contributed by atoms with E-state index in [1.807, 2.05) is 0 Å². The first-order valence-corrected chi connectivity index (χ1v) is 7.55. The lowest BCUT2D eigenvalue weighted by molar-refractivity contribution is -0.385. The molecule has 8 heteroatoms. The average Bonchev–Trinajstić information content (AvgIpc) is 2.47. The molecule has 1 N–H and O–H groups in total. The molecule has 0 aliphatic heterocycles. The van der Waals surface area contributed by atoms with E-state index in [2.05, 4.69) is 5.32 Å². The number of halogens is 3. The molecule has 1 aromatic rings. The van der Waals surface area contributed by atoms with Crippen LogP contribution >= 0.6 is 0 Å². The fourth-order valence-corrected chi connectivity index (χ4v) is 2.88. The molecule has 1 fully saturated rings. The van der Waals surface area contributed by atoms with Crippen LogP contribution in [0.1, 0.15) is 32.6 Å². The fraction of sp³-hybridized carbons (Fsp3) is 0.600. The molecule has 2 atom stereocenters. The SMILES string of the molecule is CCOc1cc(NC2CCCC(C(F)(F)F)C2)ccc1[N+](=O)[O-]. The second-order valence-corrected chi connectivity index (χ2v) is 5.62. The third kappa shape index (κ3) is 4.49. The van der Waals surface area contributed by atoms with E-state index in [1.165, 1.54) is 18.2 Å². The largest absolute Gasteiger partial charge is 0.487 e. The zero-order valence-electron chi connectivity index (χ0n) is 12.7. The molecule has 1 saturated carbocycles. The zero-order valence-corrected chi connectivity index (χ0v) is 12.7. The van der Waals surface area contributed by atoms with Gasteiger partial charge in [0.05, 0.1) is 17.4 Å². The monoisotopic (exact) mass is 332 g/mol. The van der Waals surface area contributed by atoms with Crippen molar-refractivity contribution in [3.8, 4) is 5.75 Å². The van der Waals surface area contributed by atoms with E-state index in [1.54, 1.807) is 6.92 Å². The van der Waals surface area contributed by atoms with Gasteiger partial charge in [0, 0.05) is 23.9 Å². The van der Waals surface area contributed by atoms with Crippen LogP contribution in [0.2, 0.25) is 0 Å². The molecule has 23 heavy (non-hydrogen) atoms. The summed E-state index contributed by atoms with van der Waals surface area (Å²) in [5, 5.41) is 14.0.